The van der Waals surface area contributed by atoms with E-state index < -0.39 is 58.6 Å². The summed E-state index contributed by atoms with van der Waals surface area (Å²) in [6.07, 6.45) is -11.0. The molecule has 1 fully saturated rings. The van der Waals surface area contributed by atoms with Crippen molar-refractivity contribution >= 4 is 21.6 Å². The van der Waals surface area contributed by atoms with Crippen molar-refractivity contribution < 1.29 is 34.8 Å². The number of sulfonamides is 1. The van der Waals surface area contributed by atoms with E-state index in [1.165, 1.54) is 12.1 Å². The Morgan fingerprint density at radius 1 is 0.917 bits per heavy atom. The fraction of sp³-hybridized carbons (Fsp3) is 0.538. The van der Waals surface area contributed by atoms with Crippen molar-refractivity contribution in [2.24, 2.45) is 11.8 Å². The minimum atomic E-state index is -4.92. The molecule has 0 amide bonds. The van der Waals surface area contributed by atoms with Crippen LogP contribution in [0.1, 0.15) is 6.42 Å². The summed E-state index contributed by atoms with van der Waals surface area (Å²) in [6, 6.07) is 4.47. The highest BCUT2D eigenvalue weighted by Crippen LogP contribution is 2.42. The molecule has 1 saturated heterocycles. The Morgan fingerprint density at radius 3 is 1.71 bits per heavy atom. The predicted octanol–water partition coefficient (Wildman–Crippen LogP) is 4.09. The Morgan fingerprint density at radius 2 is 1.33 bits per heavy atom. The standard InChI is InChI=1S/C13H12ClF6NO2S/c14-10-1-3-11(4-2-10)24(22,23)21-6-8(12(15,16)17)5-9(7-21)13(18,19)20/h1-4,8-9H,5-7H2/t8-,9-/m0/s1. The molecule has 1 aliphatic rings. The Labute approximate surface area is 139 Å². The van der Waals surface area contributed by atoms with Gasteiger partial charge in [-0.3, -0.25) is 0 Å². The van der Waals surface area contributed by atoms with Gasteiger partial charge in [-0.1, -0.05) is 11.6 Å². The zero-order valence-corrected chi connectivity index (χ0v) is 13.5. The molecule has 1 aromatic carbocycles. The summed E-state index contributed by atoms with van der Waals surface area (Å²) < 4.78 is 103. The number of rotatable bonds is 2. The maximum absolute atomic E-state index is 12.9. The highest BCUT2D eigenvalue weighted by Gasteiger charge is 2.53. The van der Waals surface area contributed by atoms with Crippen LogP contribution in [0, 0.1) is 11.8 Å². The molecule has 11 heteroatoms. The third-order valence-electron chi connectivity index (χ3n) is 3.79. The van der Waals surface area contributed by atoms with Gasteiger partial charge in [-0.05, 0) is 30.7 Å². The lowest BCUT2D eigenvalue weighted by Gasteiger charge is -2.38. The molecular formula is C13H12ClF6NO2S. The summed E-state index contributed by atoms with van der Waals surface area (Å²) in [5.74, 6) is -4.75. The summed E-state index contributed by atoms with van der Waals surface area (Å²) in [6.45, 7) is -2.08. The van der Waals surface area contributed by atoms with Crippen LogP contribution in [-0.4, -0.2) is 38.2 Å². The Hall–Kier alpha value is -1.00. The van der Waals surface area contributed by atoms with Crippen LogP contribution in [0.15, 0.2) is 29.2 Å². The first-order valence-corrected chi connectivity index (χ1v) is 8.53. The molecule has 0 aliphatic carbocycles. The van der Waals surface area contributed by atoms with Crippen LogP contribution in [0.4, 0.5) is 26.3 Å². The third-order valence-corrected chi connectivity index (χ3v) is 5.89. The lowest BCUT2D eigenvalue weighted by Crippen LogP contribution is -2.51. The second-order valence-corrected chi connectivity index (χ2v) is 7.86. The van der Waals surface area contributed by atoms with Gasteiger partial charge in [0.15, 0.2) is 0 Å². The topological polar surface area (TPSA) is 37.4 Å². The molecule has 24 heavy (non-hydrogen) atoms. The van der Waals surface area contributed by atoms with Crippen LogP contribution in [-0.2, 0) is 10.0 Å². The number of hydrogen-bond acceptors (Lipinski definition) is 2. The van der Waals surface area contributed by atoms with Crippen LogP contribution >= 0.6 is 11.6 Å². The molecular weight excluding hydrogens is 384 g/mol. The Kier molecular flexibility index (Phi) is 5.14. The number of alkyl halides is 6. The summed E-state index contributed by atoms with van der Waals surface area (Å²) in [5.41, 5.74) is 0. The molecule has 136 valence electrons. The molecule has 0 bridgehead atoms. The molecule has 2 atom stereocenters. The second kappa shape index (κ2) is 6.38. The fourth-order valence-corrected chi connectivity index (χ4v) is 4.14. The number of hydrogen-bond donors (Lipinski definition) is 0. The largest absolute Gasteiger partial charge is 0.393 e. The van der Waals surface area contributed by atoms with Gasteiger partial charge in [-0.2, -0.15) is 30.6 Å². The van der Waals surface area contributed by atoms with E-state index in [0.29, 0.717) is 0 Å². The number of halogens is 7. The van der Waals surface area contributed by atoms with Gasteiger partial charge in [0.05, 0.1) is 16.7 Å². The fourth-order valence-electron chi connectivity index (χ4n) is 2.48. The minimum Gasteiger partial charge on any atom is -0.207 e. The quantitative estimate of drug-likeness (QED) is 0.707. The molecule has 0 N–H and O–H groups in total. The van der Waals surface area contributed by atoms with Crippen LogP contribution in [0.3, 0.4) is 0 Å². The van der Waals surface area contributed by atoms with Crippen molar-refractivity contribution in [2.75, 3.05) is 13.1 Å². The summed E-state index contributed by atoms with van der Waals surface area (Å²) in [5, 5.41) is 0.189. The summed E-state index contributed by atoms with van der Waals surface area (Å²) >= 11 is 5.61. The lowest BCUT2D eigenvalue weighted by molar-refractivity contribution is -0.224. The molecule has 1 heterocycles. The molecule has 1 aromatic rings. The van der Waals surface area contributed by atoms with Gasteiger partial charge in [0, 0.05) is 18.1 Å². The summed E-state index contributed by atoms with van der Waals surface area (Å²) in [7, 11) is -4.49. The molecule has 0 radical (unpaired) electrons. The molecule has 0 saturated carbocycles. The smallest absolute Gasteiger partial charge is 0.207 e. The highest BCUT2D eigenvalue weighted by atomic mass is 35.5. The first-order chi connectivity index (χ1) is 10.8. The van der Waals surface area contributed by atoms with Gasteiger partial charge in [-0.15, -0.1) is 0 Å². The number of piperidine rings is 1. The number of benzene rings is 1. The van der Waals surface area contributed by atoms with Crippen LogP contribution in [0.25, 0.3) is 0 Å². The second-order valence-electron chi connectivity index (χ2n) is 5.49. The predicted molar refractivity (Wildman–Crippen MR) is 73.9 cm³/mol. The first-order valence-electron chi connectivity index (χ1n) is 6.71. The molecule has 3 nitrogen and oxygen atoms in total. The van der Waals surface area contributed by atoms with E-state index >= 15 is 0 Å². The van der Waals surface area contributed by atoms with E-state index in [4.69, 9.17) is 11.6 Å². The van der Waals surface area contributed by atoms with E-state index in [9.17, 15) is 34.8 Å². The maximum Gasteiger partial charge on any atom is 0.393 e. The van der Waals surface area contributed by atoms with E-state index in [2.05, 4.69) is 0 Å². The average Bonchev–Trinajstić information content (AvgIpc) is 2.45. The zero-order valence-electron chi connectivity index (χ0n) is 11.9. The van der Waals surface area contributed by atoms with Gasteiger partial charge >= 0.3 is 12.4 Å². The van der Waals surface area contributed by atoms with Crippen molar-refractivity contribution in [1.29, 1.82) is 0 Å². The van der Waals surface area contributed by atoms with Crippen molar-refractivity contribution in [3.8, 4) is 0 Å². The highest BCUT2D eigenvalue weighted by molar-refractivity contribution is 7.89. The Bertz CT molecular complexity index is 664. The number of nitrogens with zero attached hydrogens (tertiary/aromatic N) is 1. The van der Waals surface area contributed by atoms with Crippen LogP contribution in [0.5, 0.6) is 0 Å². The molecule has 0 unspecified atom stereocenters. The van der Waals surface area contributed by atoms with E-state index in [1.807, 2.05) is 0 Å². The monoisotopic (exact) mass is 395 g/mol. The van der Waals surface area contributed by atoms with Gasteiger partial charge in [0.25, 0.3) is 0 Å². The van der Waals surface area contributed by atoms with Gasteiger partial charge in [0.2, 0.25) is 10.0 Å². The van der Waals surface area contributed by atoms with Crippen molar-refractivity contribution in [1.82, 2.24) is 4.31 Å². The Balaban J connectivity index is 2.38. The van der Waals surface area contributed by atoms with E-state index in [0.717, 1.165) is 12.1 Å². The SMILES string of the molecule is O=S(=O)(c1ccc(Cl)cc1)N1C[C@@H](C(F)(F)F)C[C@H](C(F)(F)F)C1. The summed E-state index contributed by atoms with van der Waals surface area (Å²) in [4.78, 5) is -0.407. The normalized spacial score (nSPS) is 24.1. The van der Waals surface area contributed by atoms with Gasteiger partial charge in [0.1, 0.15) is 0 Å². The maximum atomic E-state index is 12.9. The van der Waals surface area contributed by atoms with E-state index in [1.54, 1.807) is 0 Å². The zero-order chi connectivity index (χ0) is 18.3. The van der Waals surface area contributed by atoms with Crippen LogP contribution in [0.2, 0.25) is 5.02 Å². The molecule has 0 spiro atoms. The molecule has 2 rings (SSSR count). The minimum absolute atomic E-state index is 0.189. The average molecular weight is 396 g/mol. The molecule has 1 aliphatic heterocycles. The van der Waals surface area contributed by atoms with Crippen molar-refractivity contribution in [3.63, 3.8) is 0 Å². The molecule has 0 aromatic heterocycles. The van der Waals surface area contributed by atoms with E-state index in [-0.39, 0.29) is 9.33 Å². The van der Waals surface area contributed by atoms with Gasteiger partial charge in [-0.25, -0.2) is 8.42 Å². The van der Waals surface area contributed by atoms with Gasteiger partial charge < -0.3 is 0 Å². The van der Waals surface area contributed by atoms with Crippen molar-refractivity contribution in [2.45, 2.75) is 23.7 Å². The lowest BCUT2D eigenvalue weighted by atomic mass is 9.89. The van der Waals surface area contributed by atoms with Crippen molar-refractivity contribution in [3.05, 3.63) is 29.3 Å². The third kappa shape index (κ3) is 4.15. The van der Waals surface area contributed by atoms with Crippen LogP contribution < -0.4 is 0 Å². The first kappa shape index (κ1) is 19.3.